The molecule has 3 aromatic rings. The van der Waals surface area contributed by atoms with E-state index in [1.165, 1.54) is 12.1 Å². The van der Waals surface area contributed by atoms with Crippen molar-refractivity contribution >= 4 is 17.5 Å². The van der Waals surface area contributed by atoms with Crippen molar-refractivity contribution in [1.82, 2.24) is 15.0 Å². The third kappa shape index (κ3) is 4.26. The molecular formula is C18H17F2N5. The van der Waals surface area contributed by atoms with Crippen molar-refractivity contribution in [3.8, 4) is 11.4 Å². The summed E-state index contributed by atoms with van der Waals surface area (Å²) >= 11 is 0. The topological polar surface area (TPSA) is 62.7 Å². The molecule has 0 aliphatic heterocycles. The maximum absolute atomic E-state index is 13.9. The summed E-state index contributed by atoms with van der Waals surface area (Å²) < 4.78 is 27.0. The van der Waals surface area contributed by atoms with Crippen LogP contribution >= 0.6 is 0 Å². The molecule has 0 bridgehead atoms. The van der Waals surface area contributed by atoms with Gasteiger partial charge in [-0.3, -0.25) is 4.98 Å². The van der Waals surface area contributed by atoms with Gasteiger partial charge in [0.2, 0.25) is 5.95 Å². The number of halogens is 2. The first kappa shape index (κ1) is 16.8. The Labute approximate surface area is 144 Å². The van der Waals surface area contributed by atoms with Gasteiger partial charge >= 0.3 is 0 Å². The van der Waals surface area contributed by atoms with Crippen LogP contribution in [0.5, 0.6) is 0 Å². The van der Waals surface area contributed by atoms with Crippen LogP contribution in [0.25, 0.3) is 11.4 Å². The Hall–Kier alpha value is -3.09. The average molecular weight is 341 g/mol. The smallest absolute Gasteiger partial charge is 0.225 e. The highest BCUT2D eigenvalue weighted by molar-refractivity contribution is 5.65. The summed E-state index contributed by atoms with van der Waals surface area (Å²) in [5.74, 6) is -0.564. The molecule has 2 heterocycles. The van der Waals surface area contributed by atoms with Gasteiger partial charge in [0.15, 0.2) is 0 Å². The fraction of sp³-hybridized carbons (Fsp3) is 0.167. The van der Waals surface area contributed by atoms with Crippen LogP contribution in [0.1, 0.15) is 13.8 Å². The summed E-state index contributed by atoms with van der Waals surface area (Å²) in [4.78, 5) is 13.1. The van der Waals surface area contributed by atoms with Gasteiger partial charge in [0.1, 0.15) is 17.5 Å². The molecule has 0 amide bonds. The second-order valence-electron chi connectivity index (χ2n) is 5.73. The van der Waals surface area contributed by atoms with Crippen molar-refractivity contribution < 1.29 is 8.78 Å². The van der Waals surface area contributed by atoms with Gasteiger partial charge in [0.25, 0.3) is 0 Å². The second kappa shape index (κ2) is 7.21. The molecule has 7 heteroatoms. The average Bonchev–Trinajstić information content (AvgIpc) is 2.57. The quantitative estimate of drug-likeness (QED) is 0.721. The van der Waals surface area contributed by atoms with Gasteiger partial charge in [-0.2, -0.15) is 4.98 Å². The number of hydrogen-bond donors (Lipinski definition) is 2. The number of nitrogens with zero attached hydrogens (tertiary/aromatic N) is 3. The van der Waals surface area contributed by atoms with Gasteiger partial charge in [-0.1, -0.05) is 6.07 Å². The van der Waals surface area contributed by atoms with E-state index in [1.54, 1.807) is 12.3 Å². The number of hydrogen-bond acceptors (Lipinski definition) is 5. The predicted octanol–water partition coefficient (Wildman–Crippen LogP) is 4.38. The minimum Gasteiger partial charge on any atom is -0.352 e. The molecule has 1 aromatic carbocycles. The molecule has 0 fully saturated rings. The summed E-state index contributed by atoms with van der Waals surface area (Å²) in [7, 11) is 0. The zero-order valence-corrected chi connectivity index (χ0v) is 13.8. The van der Waals surface area contributed by atoms with E-state index in [9.17, 15) is 8.78 Å². The first-order chi connectivity index (χ1) is 12.0. The van der Waals surface area contributed by atoms with Gasteiger partial charge in [0.05, 0.1) is 17.1 Å². The molecule has 0 spiro atoms. The van der Waals surface area contributed by atoms with E-state index in [4.69, 9.17) is 0 Å². The van der Waals surface area contributed by atoms with Crippen molar-refractivity contribution in [2.45, 2.75) is 19.9 Å². The van der Waals surface area contributed by atoms with Crippen molar-refractivity contribution in [1.29, 1.82) is 0 Å². The summed E-state index contributed by atoms with van der Waals surface area (Å²) in [6.45, 7) is 3.92. The molecule has 128 valence electrons. The van der Waals surface area contributed by atoms with Gasteiger partial charge in [-0.25, -0.2) is 13.8 Å². The number of nitrogens with one attached hydrogen (secondary N) is 2. The van der Waals surface area contributed by atoms with Crippen LogP contribution < -0.4 is 10.6 Å². The van der Waals surface area contributed by atoms with Crippen LogP contribution in [0.4, 0.5) is 26.2 Å². The van der Waals surface area contributed by atoms with Crippen LogP contribution in [0.2, 0.25) is 0 Å². The minimum atomic E-state index is -0.698. The Balaban J connectivity index is 2.00. The highest BCUT2D eigenvalue weighted by Crippen LogP contribution is 2.24. The summed E-state index contributed by atoms with van der Waals surface area (Å²) in [5.41, 5.74) is 1.38. The standard InChI is InChI=1S/C18H17F2N5/c1-11(2)22-18-24-16(15-5-3-4-8-21-15)10-17(25-18)23-14-7-6-12(19)9-13(14)20/h3-11H,1-2H3,(H2,22,23,24,25). The highest BCUT2D eigenvalue weighted by Gasteiger charge is 2.11. The largest absolute Gasteiger partial charge is 0.352 e. The molecule has 2 N–H and O–H groups in total. The van der Waals surface area contributed by atoms with E-state index in [0.717, 1.165) is 6.07 Å². The highest BCUT2D eigenvalue weighted by atomic mass is 19.1. The van der Waals surface area contributed by atoms with Crippen molar-refractivity contribution in [2.75, 3.05) is 10.6 Å². The predicted molar refractivity (Wildman–Crippen MR) is 93.7 cm³/mol. The van der Waals surface area contributed by atoms with Crippen LogP contribution in [0.3, 0.4) is 0 Å². The first-order valence-electron chi connectivity index (χ1n) is 7.80. The van der Waals surface area contributed by atoms with E-state index in [2.05, 4.69) is 25.6 Å². The van der Waals surface area contributed by atoms with Crippen molar-refractivity contribution in [3.63, 3.8) is 0 Å². The van der Waals surface area contributed by atoms with Crippen LogP contribution in [0, 0.1) is 11.6 Å². The van der Waals surface area contributed by atoms with Crippen LogP contribution in [-0.2, 0) is 0 Å². The Morgan fingerprint density at radius 3 is 2.48 bits per heavy atom. The maximum atomic E-state index is 13.9. The zero-order valence-electron chi connectivity index (χ0n) is 13.8. The summed E-state index contributed by atoms with van der Waals surface area (Å²) in [5, 5.41) is 5.98. The van der Waals surface area contributed by atoms with E-state index in [0.29, 0.717) is 23.2 Å². The summed E-state index contributed by atoms with van der Waals surface area (Å²) in [6, 6.07) is 10.6. The molecule has 0 aliphatic rings. The fourth-order valence-corrected chi connectivity index (χ4v) is 2.21. The van der Waals surface area contributed by atoms with Gasteiger partial charge in [-0.05, 0) is 38.1 Å². The van der Waals surface area contributed by atoms with Gasteiger partial charge in [0, 0.05) is 24.4 Å². The number of benzene rings is 1. The third-order valence-corrected chi connectivity index (χ3v) is 3.27. The third-order valence-electron chi connectivity index (χ3n) is 3.27. The monoisotopic (exact) mass is 341 g/mol. The lowest BCUT2D eigenvalue weighted by Crippen LogP contribution is -2.13. The number of anilines is 3. The van der Waals surface area contributed by atoms with E-state index in [-0.39, 0.29) is 11.7 Å². The number of aromatic nitrogens is 3. The SMILES string of the molecule is CC(C)Nc1nc(Nc2ccc(F)cc2F)cc(-c2ccccn2)n1. The molecule has 0 atom stereocenters. The molecule has 0 aliphatic carbocycles. The van der Waals surface area contributed by atoms with Gasteiger partial charge < -0.3 is 10.6 Å². The van der Waals surface area contributed by atoms with E-state index >= 15 is 0 Å². The van der Waals surface area contributed by atoms with Crippen molar-refractivity contribution in [3.05, 3.63) is 60.3 Å². The number of rotatable bonds is 5. The Bertz CT molecular complexity index is 869. The maximum Gasteiger partial charge on any atom is 0.225 e. The fourth-order valence-electron chi connectivity index (χ4n) is 2.21. The lowest BCUT2D eigenvalue weighted by molar-refractivity contribution is 0.586. The molecular weight excluding hydrogens is 324 g/mol. The summed E-state index contributed by atoms with van der Waals surface area (Å²) in [6.07, 6.45) is 1.67. The minimum absolute atomic E-state index is 0.120. The van der Waals surface area contributed by atoms with Crippen LogP contribution in [-0.4, -0.2) is 21.0 Å². The Kier molecular flexibility index (Phi) is 4.83. The normalized spacial score (nSPS) is 10.8. The number of pyridine rings is 1. The molecule has 2 aromatic heterocycles. The molecule has 0 unspecified atom stereocenters. The van der Waals surface area contributed by atoms with Crippen LogP contribution in [0.15, 0.2) is 48.7 Å². The lowest BCUT2D eigenvalue weighted by atomic mass is 10.2. The zero-order chi connectivity index (χ0) is 17.8. The molecule has 0 saturated carbocycles. The molecule has 25 heavy (non-hydrogen) atoms. The Morgan fingerprint density at radius 2 is 1.80 bits per heavy atom. The van der Waals surface area contributed by atoms with Gasteiger partial charge in [-0.15, -0.1) is 0 Å². The molecule has 5 nitrogen and oxygen atoms in total. The van der Waals surface area contributed by atoms with E-state index in [1.807, 2.05) is 32.0 Å². The second-order valence-corrected chi connectivity index (χ2v) is 5.73. The van der Waals surface area contributed by atoms with Crippen molar-refractivity contribution in [2.24, 2.45) is 0 Å². The molecule has 3 rings (SSSR count). The lowest BCUT2D eigenvalue weighted by Gasteiger charge is -2.13. The Morgan fingerprint density at radius 1 is 0.960 bits per heavy atom. The molecule has 0 saturated heterocycles. The first-order valence-corrected chi connectivity index (χ1v) is 7.80. The van der Waals surface area contributed by atoms with E-state index < -0.39 is 11.6 Å². The molecule has 0 radical (unpaired) electrons.